The number of benzene rings is 2. The second-order valence-corrected chi connectivity index (χ2v) is 6.44. The molecule has 0 bridgehead atoms. The second-order valence-electron chi connectivity index (χ2n) is 6.05. The van der Waals surface area contributed by atoms with E-state index in [-0.39, 0.29) is 16.2 Å². The van der Waals surface area contributed by atoms with Gasteiger partial charge in [0, 0.05) is 12.1 Å². The number of H-pyrrole nitrogens is 1. The number of ether oxygens (including phenoxy) is 1. The Balaban J connectivity index is 2.00. The van der Waals surface area contributed by atoms with Gasteiger partial charge < -0.3 is 15.0 Å². The highest BCUT2D eigenvalue weighted by Gasteiger charge is 2.12. The lowest BCUT2D eigenvalue weighted by Gasteiger charge is -2.12. The molecule has 0 aliphatic heterocycles. The summed E-state index contributed by atoms with van der Waals surface area (Å²) in [6.07, 6.45) is 1.61. The molecule has 2 N–H and O–H groups in total. The fourth-order valence-corrected chi connectivity index (χ4v) is 3.07. The molecule has 2 aromatic carbocycles. The number of allylic oxidation sites excluding steroid dienone is 1. The van der Waals surface area contributed by atoms with Gasteiger partial charge in [-0.25, -0.2) is 0 Å². The van der Waals surface area contributed by atoms with Gasteiger partial charge in [0.2, 0.25) is 0 Å². The zero-order valence-electron chi connectivity index (χ0n) is 15.0. The van der Waals surface area contributed by atoms with E-state index in [0.29, 0.717) is 34.4 Å². The van der Waals surface area contributed by atoms with Crippen LogP contribution in [0.25, 0.3) is 10.9 Å². The van der Waals surface area contributed by atoms with Crippen molar-refractivity contribution < 1.29 is 9.53 Å². The minimum absolute atomic E-state index is 0.221. The molecule has 0 saturated carbocycles. The SMILES string of the molecule is C=CCn1c(=S)[nH]c2cc(C(=O)Nc3cc(C)ccc3OC)ccc2c1=O. The minimum Gasteiger partial charge on any atom is -0.495 e. The highest BCUT2D eigenvalue weighted by atomic mass is 32.1. The molecule has 1 heterocycles. The number of carbonyl (C=O) groups excluding carboxylic acids is 1. The normalized spacial score (nSPS) is 10.6. The maximum absolute atomic E-state index is 12.7. The topological polar surface area (TPSA) is 76.1 Å². The number of carbonyl (C=O) groups is 1. The van der Waals surface area contributed by atoms with Crippen LogP contribution in [-0.2, 0) is 6.54 Å². The molecule has 0 saturated heterocycles. The Labute approximate surface area is 161 Å². The number of anilines is 1. The van der Waals surface area contributed by atoms with E-state index in [9.17, 15) is 9.59 Å². The molecule has 27 heavy (non-hydrogen) atoms. The van der Waals surface area contributed by atoms with Gasteiger partial charge in [-0.15, -0.1) is 6.58 Å². The van der Waals surface area contributed by atoms with Crippen molar-refractivity contribution in [3.8, 4) is 5.75 Å². The number of methoxy groups -OCH3 is 1. The standard InChI is InChI=1S/C20H19N3O3S/c1-4-9-23-19(25)14-7-6-13(11-15(14)22-20(23)27)18(24)21-16-10-12(2)5-8-17(16)26-3/h4-8,10-11H,1,9H2,2-3H3,(H,21,24)(H,22,27). The van der Waals surface area contributed by atoms with Crippen LogP contribution in [0.2, 0.25) is 0 Å². The molecule has 7 heteroatoms. The predicted molar refractivity (Wildman–Crippen MR) is 109 cm³/mol. The number of fused-ring (bicyclic) bond motifs is 1. The third-order valence-corrected chi connectivity index (χ3v) is 4.48. The summed E-state index contributed by atoms with van der Waals surface area (Å²) < 4.78 is 6.99. The number of nitrogens with one attached hydrogen (secondary N) is 2. The van der Waals surface area contributed by atoms with Crippen molar-refractivity contribution in [3.63, 3.8) is 0 Å². The Hall–Kier alpha value is -3.19. The van der Waals surface area contributed by atoms with Crippen LogP contribution in [0.5, 0.6) is 5.75 Å². The molecule has 0 spiro atoms. The lowest BCUT2D eigenvalue weighted by Crippen LogP contribution is -2.22. The number of aromatic nitrogens is 2. The molecule has 0 atom stereocenters. The lowest BCUT2D eigenvalue weighted by molar-refractivity contribution is 0.102. The van der Waals surface area contributed by atoms with Crippen molar-refractivity contribution in [2.24, 2.45) is 0 Å². The van der Waals surface area contributed by atoms with Crippen LogP contribution in [0.1, 0.15) is 15.9 Å². The Bertz CT molecular complexity index is 1160. The molecular formula is C20H19N3O3S. The molecular weight excluding hydrogens is 362 g/mol. The molecule has 0 aliphatic carbocycles. The van der Waals surface area contributed by atoms with Gasteiger partial charge in [-0.2, -0.15) is 0 Å². The summed E-state index contributed by atoms with van der Waals surface area (Å²) in [5, 5.41) is 3.30. The van der Waals surface area contributed by atoms with Crippen molar-refractivity contribution in [1.82, 2.24) is 9.55 Å². The van der Waals surface area contributed by atoms with E-state index in [1.54, 1.807) is 37.5 Å². The zero-order chi connectivity index (χ0) is 19.6. The third-order valence-electron chi connectivity index (χ3n) is 4.16. The van der Waals surface area contributed by atoms with Gasteiger partial charge in [0.1, 0.15) is 5.75 Å². The van der Waals surface area contributed by atoms with Gasteiger partial charge in [-0.1, -0.05) is 12.1 Å². The number of hydrogen-bond acceptors (Lipinski definition) is 4. The zero-order valence-corrected chi connectivity index (χ0v) is 15.9. The maximum Gasteiger partial charge on any atom is 0.262 e. The average molecular weight is 381 g/mol. The van der Waals surface area contributed by atoms with Crippen molar-refractivity contribution in [1.29, 1.82) is 0 Å². The van der Waals surface area contributed by atoms with Gasteiger partial charge in [0.25, 0.3) is 11.5 Å². The molecule has 0 unspecified atom stereocenters. The number of amides is 1. The fourth-order valence-electron chi connectivity index (χ4n) is 2.80. The number of hydrogen-bond donors (Lipinski definition) is 2. The summed E-state index contributed by atoms with van der Waals surface area (Å²) >= 11 is 5.24. The van der Waals surface area contributed by atoms with E-state index in [2.05, 4.69) is 16.9 Å². The van der Waals surface area contributed by atoms with Gasteiger partial charge >= 0.3 is 0 Å². The molecule has 1 amide bonds. The van der Waals surface area contributed by atoms with E-state index in [4.69, 9.17) is 17.0 Å². The molecule has 3 rings (SSSR count). The molecule has 1 aromatic heterocycles. The molecule has 138 valence electrons. The van der Waals surface area contributed by atoms with Crippen LogP contribution < -0.4 is 15.6 Å². The lowest BCUT2D eigenvalue weighted by atomic mass is 10.1. The summed E-state index contributed by atoms with van der Waals surface area (Å²) in [7, 11) is 1.55. The third kappa shape index (κ3) is 3.68. The summed E-state index contributed by atoms with van der Waals surface area (Å²) in [6.45, 7) is 5.88. The van der Waals surface area contributed by atoms with Crippen LogP contribution in [0.3, 0.4) is 0 Å². The van der Waals surface area contributed by atoms with E-state index in [1.807, 2.05) is 19.1 Å². The quantitative estimate of drug-likeness (QED) is 0.520. The van der Waals surface area contributed by atoms with Gasteiger partial charge in [0.15, 0.2) is 4.77 Å². The van der Waals surface area contributed by atoms with Crippen molar-refractivity contribution in [2.75, 3.05) is 12.4 Å². The van der Waals surface area contributed by atoms with Crippen LogP contribution in [0, 0.1) is 11.7 Å². The van der Waals surface area contributed by atoms with Gasteiger partial charge in [-0.3, -0.25) is 14.2 Å². The van der Waals surface area contributed by atoms with Crippen LogP contribution in [-0.4, -0.2) is 22.6 Å². The monoisotopic (exact) mass is 381 g/mol. The summed E-state index contributed by atoms with van der Waals surface area (Å²) in [6, 6.07) is 10.4. The summed E-state index contributed by atoms with van der Waals surface area (Å²) in [5.41, 5.74) is 2.26. The van der Waals surface area contributed by atoms with Gasteiger partial charge in [-0.05, 0) is 55.0 Å². The Morgan fingerprint density at radius 2 is 2.11 bits per heavy atom. The van der Waals surface area contributed by atoms with E-state index in [0.717, 1.165) is 5.56 Å². The first kappa shape index (κ1) is 18.6. The number of aryl methyl sites for hydroxylation is 1. The largest absolute Gasteiger partial charge is 0.495 e. The van der Waals surface area contributed by atoms with E-state index < -0.39 is 0 Å². The Morgan fingerprint density at radius 1 is 1.33 bits per heavy atom. The average Bonchev–Trinajstić information content (AvgIpc) is 2.65. The first-order chi connectivity index (χ1) is 12.9. The predicted octanol–water partition coefficient (Wildman–Crippen LogP) is 3.81. The number of aromatic amines is 1. The molecule has 0 radical (unpaired) electrons. The molecule has 6 nitrogen and oxygen atoms in total. The molecule has 0 aliphatic rings. The van der Waals surface area contributed by atoms with Gasteiger partial charge in [0.05, 0.1) is 23.7 Å². The highest BCUT2D eigenvalue weighted by Crippen LogP contribution is 2.26. The maximum atomic E-state index is 12.7. The summed E-state index contributed by atoms with van der Waals surface area (Å²) in [5.74, 6) is 0.261. The van der Waals surface area contributed by atoms with Crippen LogP contribution in [0.4, 0.5) is 5.69 Å². The minimum atomic E-state index is -0.310. The smallest absolute Gasteiger partial charge is 0.262 e. The first-order valence-electron chi connectivity index (χ1n) is 8.28. The second kappa shape index (κ2) is 7.59. The molecule has 0 fully saturated rings. The number of rotatable bonds is 5. The Morgan fingerprint density at radius 3 is 2.81 bits per heavy atom. The van der Waals surface area contributed by atoms with Crippen molar-refractivity contribution in [2.45, 2.75) is 13.5 Å². The van der Waals surface area contributed by atoms with Crippen molar-refractivity contribution in [3.05, 3.63) is 75.3 Å². The van der Waals surface area contributed by atoms with E-state index >= 15 is 0 Å². The fraction of sp³-hybridized carbons (Fsp3) is 0.150. The number of nitrogens with zero attached hydrogens (tertiary/aromatic N) is 1. The first-order valence-corrected chi connectivity index (χ1v) is 8.69. The van der Waals surface area contributed by atoms with E-state index in [1.165, 1.54) is 4.57 Å². The van der Waals surface area contributed by atoms with Crippen LogP contribution >= 0.6 is 12.2 Å². The van der Waals surface area contributed by atoms with Crippen molar-refractivity contribution >= 4 is 34.7 Å². The summed E-state index contributed by atoms with van der Waals surface area (Å²) in [4.78, 5) is 28.2. The highest BCUT2D eigenvalue weighted by molar-refractivity contribution is 7.71. The van der Waals surface area contributed by atoms with Crippen LogP contribution in [0.15, 0.2) is 53.8 Å². The molecule has 3 aromatic rings. The Kier molecular flexibility index (Phi) is 5.23.